The Morgan fingerprint density at radius 1 is 1.47 bits per heavy atom. The summed E-state index contributed by atoms with van der Waals surface area (Å²) in [5.74, 6) is 0.329. The van der Waals surface area contributed by atoms with Crippen LogP contribution in [0.5, 0.6) is 5.75 Å². The van der Waals surface area contributed by atoms with Crippen LogP contribution in [0.25, 0.3) is 0 Å². The summed E-state index contributed by atoms with van der Waals surface area (Å²) in [5.41, 5.74) is 0. The van der Waals surface area contributed by atoms with Crippen LogP contribution < -0.4 is 9.46 Å². The molecule has 96 valence electrons. The highest BCUT2D eigenvalue weighted by molar-refractivity contribution is 9.10. The van der Waals surface area contributed by atoms with Gasteiger partial charge >= 0.3 is 0 Å². The Kier molecular flexibility index (Phi) is 4.97. The van der Waals surface area contributed by atoms with E-state index in [9.17, 15) is 8.42 Å². The molecule has 1 aromatic carbocycles. The van der Waals surface area contributed by atoms with Crippen LogP contribution in [0, 0.1) is 0 Å². The molecular formula is C11H16BrNO3S. The van der Waals surface area contributed by atoms with Crippen LogP contribution >= 0.6 is 15.9 Å². The Bertz CT molecular complexity index is 487. The minimum atomic E-state index is -3.53. The summed E-state index contributed by atoms with van der Waals surface area (Å²) in [6.45, 7) is 3.74. The van der Waals surface area contributed by atoms with Crippen LogP contribution in [0.2, 0.25) is 0 Å². The fourth-order valence-corrected chi connectivity index (χ4v) is 3.09. The zero-order valence-electron chi connectivity index (χ0n) is 10.0. The first-order valence-corrected chi connectivity index (χ1v) is 7.54. The van der Waals surface area contributed by atoms with Crippen molar-refractivity contribution < 1.29 is 13.2 Å². The van der Waals surface area contributed by atoms with Crippen molar-refractivity contribution in [2.75, 3.05) is 7.11 Å². The molecule has 1 N–H and O–H groups in total. The van der Waals surface area contributed by atoms with Crippen LogP contribution in [0.15, 0.2) is 27.6 Å². The molecular weight excluding hydrogens is 306 g/mol. The third-order valence-electron chi connectivity index (χ3n) is 2.38. The summed E-state index contributed by atoms with van der Waals surface area (Å²) < 4.78 is 32.6. The van der Waals surface area contributed by atoms with Gasteiger partial charge in [-0.15, -0.1) is 0 Å². The van der Waals surface area contributed by atoms with Gasteiger partial charge in [0.15, 0.2) is 0 Å². The summed E-state index contributed by atoms with van der Waals surface area (Å²) in [6, 6.07) is 4.72. The monoisotopic (exact) mass is 321 g/mol. The van der Waals surface area contributed by atoms with E-state index in [0.717, 1.165) is 10.9 Å². The largest absolute Gasteiger partial charge is 0.495 e. The van der Waals surface area contributed by atoms with Crippen molar-refractivity contribution in [3.8, 4) is 5.75 Å². The van der Waals surface area contributed by atoms with E-state index in [1.54, 1.807) is 12.1 Å². The third-order valence-corrected chi connectivity index (χ3v) is 4.51. The first-order chi connectivity index (χ1) is 7.90. The van der Waals surface area contributed by atoms with E-state index >= 15 is 0 Å². The van der Waals surface area contributed by atoms with Gasteiger partial charge in [-0.1, -0.05) is 22.9 Å². The van der Waals surface area contributed by atoms with E-state index in [1.165, 1.54) is 13.2 Å². The van der Waals surface area contributed by atoms with Gasteiger partial charge in [-0.3, -0.25) is 0 Å². The van der Waals surface area contributed by atoms with Crippen molar-refractivity contribution in [1.29, 1.82) is 0 Å². The molecule has 0 saturated heterocycles. The van der Waals surface area contributed by atoms with Crippen LogP contribution in [0.1, 0.15) is 20.3 Å². The first-order valence-electron chi connectivity index (χ1n) is 5.26. The maximum atomic E-state index is 12.1. The predicted octanol–water partition coefficient (Wildman–Crippen LogP) is 2.53. The Morgan fingerprint density at radius 2 is 2.12 bits per heavy atom. The van der Waals surface area contributed by atoms with Crippen LogP contribution in [-0.2, 0) is 10.0 Å². The smallest absolute Gasteiger partial charge is 0.244 e. The van der Waals surface area contributed by atoms with Crippen LogP contribution in [0.3, 0.4) is 0 Å². The average Bonchev–Trinajstić information content (AvgIpc) is 2.27. The van der Waals surface area contributed by atoms with Gasteiger partial charge in [0.05, 0.1) is 7.11 Å². The van der Waals surface area contributed by atoms with E-state index in [1.807, 2.05) is 13.8 Å². The molecule has 1 rings (SSSR count). The second-order valence-electron chi connectivity index (χ2n) is 3.73. The maximum absolute atomic E-state index is 12.1. The van der Waals surface area contributed by atoms with Crippen molar-refractivity contribution in [2.45, 2.75) is 31.2 Å². The molecule has 0 spiro atoms. The zero-order chi connectivity index (χ0) is 13.1. The highest BCUT2D eigenvalue weighted by atomic mass is 79.9. The second kappa shape index (κ2) is 5.84. The van der Waals surface area contributed by atoms with Crippen molar-refractivity contribution in [3.05, 3.63) is 22.7 Å². The lowest BCUT2D eigenvalue weighted by atomic mass is 10.3. The molecule has 0 fully saturated rings. The minimum absolute atomic E-state index is 0.103. The molecule has 0 aromatic heterocycles. The quantitative estimate of drug-likeness (QED) is 0.906. The molecule has 0 aliphatic rings. The number of methoxy groups -OCH3 is 1. The Morgan fingerprint density at radius 3 is 2.65 bits per heavy atom. The van der Waals surface area contributed by atoms with Gasteiger partial charge in [0.2, 0.25) is 10.0 Å². The molecule has 0 aliphatic heterocycles. The molecule has 17 heavy (non-hydrogen) atoms. The molecule has 1 atom stereocenters. The number of rotatable bonds is 5. The second-order valence-corrected chi connectivity index (χ2v) is 6.32. The van der Waals surface area contributed by atoms with Crippen molar-refractivity contribution in [2.24, 2.45) is 0 Å². The average molecular weight is 322 g/mol. The molecule has 0 saturated carbocycles. The number of ether oxygens (including phenoxy) is 1. The third kappa shape index (κ3) is 3.69. The van der Waals surface area contributed by atoms with Crippen LogP contribution in [0.4, 0.5) is 0 Å². The summed E-state index contributed by atoms with van der Waals surface area (Å²) in [7, 11) is -2.08. The summed E-state index contributed by atoms with van der Waals surface area (Å²) in [6.07, 6.45) is 0.734. The SMILES string of the molecule is CCC(C)NS(=O)(=O)c1ccc(Br)cc1OC. The summed E-state index contributed by atoms with van der Waals surface area (Å²) in [5, 5.41) is 0. The van der Waals surface area contributed by atoms with Gasteiger partial charge < -0.3 is 4.74 Å². The number of sulfonamides is 1. The van der Waals surface area contributed by atoms with Crippen LogP contribution in [-0.4, -0.2) is 21.6 Å². The topological polar surface area (TPSA) is 55.4 Å². The molecule has 0 amide bonds. The summed E-state index contributed by atoms with van der Waals surface area (Å²) in [4.78, 5) is 0.156. The van der Waals surface area contributed by atoms with Gasteiger partial charge in [-0.05, 0) is 31.5 Å². The molecule has 6 heteroatoms. The standard InChI is InChI=1S/C11H16BrNO3S/c1-4-8(2)13-17(14,15)11-6-5-9(12)7-10(11)16-3/h5-8,13H,4H2,1-3H3. The lowest BCUT2D eigenvalue weighted by Crippen LogP contribution is -2.32. The number of hydrogen-bond acceptors (Lipinski definition) is 3. The predicted molar refractivity (Wildman–Crippen MR) is 70.8 cm³/mol. The van der Waals surface area contributed by atoms with Crippen molar-refractivity contribution in [1.82, 2.24) is 4.72 Å². The van der Waals surface area contributed by atoms with Gasteiger partial charge in [0, 0.05) is 10.5 Å². The van der Waals surface area contributed by atoms with Crippen molar-refractivity contribution >= 4 is 26.0 Å². The highest BCUT2D eigenvalue weighted by Crippen LogP contribution is 2.27. The van der Waals surface area contributed by atoms with E-state index < -0.39 is 10.0 Å². The minimum Gasteiger partial charge on any atom is -0.495 e. The molecule has 1 aromatic rings. The van der Waals surface area contributed by atoms with Gasteiger partial charge in [-0.25, -0.2) is 13.1 Å². The van der Waals surface area contributed by atoms with E-state index in [0.29, 0.717) is 5.75 Å². The molecule has 1 unspecified atom stereocenters. The highest BCUT2D eigenvalue weighted by Gasteiger charge is 2.21. The Labute approximate surface area is 111 Å². The lowest BCUT2D eigenvalue weighted by molar-refractivity contribution is 0.401. The molecule has 0 bridgehead atoms. The van der Waals surface area contributed by atoms with E-state index in [2.05, 4.69) is 20.7 Å². The number of hydrogen-bond donors (Lipinski definition) is 1. The fraction of sp³-hybridized carbons (Fsp3) is 0.455. The lowest BCUT2D eigenvalue weighted by Gasteiger charge is -2.14. The van der Waals surface area contributed by atoms with E-state index in [4.69, 9.17) is 4.74 Å². The number of halogens is 1. The van der Waals surface area contributed by atoms with E-state index in [-0.39, 0.29) is 10.9 Å². The number of benzene rings is 1. The summed E-state index contributed by atoms with van der Waals surface area (Å²) >= 11 is 3.27. The normalized spacial score (nSPS) is 13.4. The Balaban J connectivity index is 3.15. The van der Waals surface area contributed by atoms with Crippen molar-refractivity contribution in [3.63, 3.8) is 0 Å². The van der Waals surface area contributed by atoms with Gasteiger partial charge in [0.25, 0.3) is 0 Å². The fourth-order valence-electron chi connectivity index (χ4n) is 1.28. The number of nitrogens with one attached hydrogen (secondary N) is 1. The Hall–Kier alpha value is -0.590. The molecule has 0 heterocycles. The molecule has 4 nitrogen and oxygen atoms in total. The first kappa shape index (κ1) is 14.5. The molecule has 0 radical (unpaired) electrons. The van der Waals surface area contributed by atoms with Gasteiger partial charge in [0.1, 0.15) is 10.6 Å². The molecule has 0 aliphatic carbocycles. The van der Waals surface area contributed by atoms with Gasteiger partial charge in [-0.2, -0.15) is 0 Å². The zero-order valence-corrected chi connectivity index (χ0v) is 12.4. The maximum Gasteiger partial charge on any atom is 0.244 e.